The zero-order valence-electron chi connectivity index (χ0n) is 5.74. The SMILES string of the molecule is CC(CO)NC=CC(=O)O. The number of hydrogen-bond donors (Lipinski definition) is 3. The van der Waals surface area contributed by atoms with Gasteiger partial charge in [0.25, 0.3) is 0 Å². The summed E-state index contributed by atoms with van der Waals surface area (Å²) in [6.45, 7) is 1.73. The largest absolute Gasteiger partial charge is 0.478 e. The number of carboxylic acid groups (broad SMARTS) is 1. The van der Waals surface area contributed by atoms with Gasteiger partial charge in [-0.15, -0.1) is 0 Å². The molecule has 0 aromatic heterocycles. The number of carbonyl (C=O) groups is 1. The minimum Gasteiger partial charge on any atom is -0.478 e. The zero-order valence-corrected chi connectivity index (χ0v) is 5.74. The van der Waals surface area contributed by atoms with Crippen molar-refractivity contribution in [3.63, 3.8) is 0 Å². The molecule has 0 heterocycles. The van der Waals surface area contributed by atoms with Crippen LogP contribution in [0, 0.1) is 0 Å². The van der Waals surface area contributed by atoms with Crippen LogP contribution in [0.5, 0.6) is 0 Å². The quantitative estimate of drug-likeness (QED) is 0.469. The van der Waals surface area contributed by atoms with E-state index in [9.17, 15) is 4.79 Å². The minimum absolute atomic E-state index is 0.00996. The van der Waals surface area contributed by atoms with E-state index in [2.05, 4.69) is 5.32 Å². The minimum atomic E-state index is -1.00. The lowest BCUT2D eigenvalue weighted by atomic mass is 10.4. The lowest BCUT2D eigenvalue weighted by Gasteiger charge is -2.05. The summed E-state index contributed by atoms with van der Waals surface area (Å²) in [7, 11) is 0. The van der Waals surface area contributed by atoms with Gasteiger partial charge in [-0.1, -0.05) is 0 Å². The van der Waals surface area contributed by atoms with Gasteiger partial charge in [-0.3, -0.25) is 0 Å². The van der Waals surface area contributed by atoms with E-state index >= 15 is 0 Å². The van der Waals surface area contributed by atoms with Crippen molar-refractivity contribution >= 4 is 5.97 Å². The number of hydrogen-bond acceptors (Lipinski definition) is 3. The summed E-state index contributed by atoms with van der Waals surface area (Å²) >= 11 is 0. The Balaban J connectivity index is 3.43. The number of nitrogens with one attached hydrogen (secondary N) is 1. The van der Waals surface area contributed by atoms with Gasteiger partial charge in [0.05, 0.1) is 6.61 Å². The maximum absolute atomic E-state index is 9.88. The summed E-state index contributed by atoms with van der Waals surface area (Å²) in [5, 5.41) is 19.2. The summed E-state index contributed by atoms with van der Waals surface area (Å²) in [5.41, 5.74) is 0. The monoisotopic (exact) mass is 145 g/mol. The van der Waals surface area contributed by atoms with E-state index in [0.717, 1.165) is 6.08 Å². The lowest BCUT2D eigenvalue weighted by molar-refractivity contribution is -0.131. The van der Waals surface area contributed by atoms with Gasteiger partial charge < -0.3 is 15.5 Å². The molecule has 4 heteroatoms. The van der Waals surface area contributed by atoms with Crippen molar-refractivity contribution in [2.24, 2.45) is 0 Å². The van der Waals surface area contributed by atoms with Gasteiger partial charge >= 0.3 is 5.97 Å². The first kappa shape index (κ1) is 8.97. The van der Waals surface area contributed by atoms with Crippen molar-refractivity contribution in [1.29, 1.82) is 0 Å². The molecule has 0 bridgehead atoms. The maximum Gasteiger partial charge on any atom is 0.329 e. The molecule has 0 aromatic rings. The van der Waals surface area contributed by atoms with Gasteiger partial charge in [-0.25, -0.2) is 4.79 Å². The van der Waals surface area contributed by atoms with Crippen LogP contribution in [0.15, 0.2) is 12.3 Å². The highest BCUT2D eigenvalue weighted by Crippen LogP contribution is 1.77. The van der Waals surface area contributed by atoms with Crippen LogP contribution < -0.4 is 5.32 Å². The number of rotatable bonds is 4. The van der Waals surface area contributed by atoms with Crippen LogP contribution in [0.1, 0.15) is 6.92 Å². The molecular formula is C6H11NO3. The average Bonchev–Trinajstić information content (AvgIpc) is 1.87. The zero-order chi connectivity index (χ0) is 7.98. The standard InChI is InChI=1S/C6H11NO3/c1-5(4-8)7-3-2-6(9)10/h2-3,5,7-8H,4H2,1H3,(H,9,10). The maximum atomic E-state index is 9.88. The van der Waals surface area contributed by atoms with Crippen LogP contribution in [-0.4, -0.2) is 28.8 Å². The lowest BCUT2D eigenvalue weighted by Crippen LogP contribution is -2.24. The van der Waals surface area contributed by atoms with Crippen LogP contribution in [-0.2, 0) is 4.79 Å². The third-order valence-corrected chi connectivity index (χ3v) is 0.881. The van der Waals surface area contributed by atoms with E-state index in [1.807, 2.05) is 0 Å². The van der Waals surface area contributed by atoms with E-state index in [1.165, 1.54) is 6.20 Å². The Hall–Kier alpha value is -1.03. The van der Waals surface area contributed by atoms with E-state index < -0.39 is 5.97 Å². The topological polar surface area (TPSA) is 69.6 Å². The van der Waals surface area contributed by atoms with Crippen molar-refractivity contribution in [1.82, 2.24) is 5.32 Å². The van der Waals surface area contributed by atoms with Gasteiger partial charge in [0.15, 0.2) is 0 Å². The molecule has 0 aliphatic rings. The van der Waals surface area contributed by atoms with Gasteiger partial charge in [0.2, 0.25) is 0 Å². The highest BCUT2D eigenvalue weighted by atomic mass is 16.4. The Labute approximate surface area is 59.2 Å². The summed E-state index contributed by atoms with van der Waals surface area (Å²) in [6, 6.07) is -0.101. The summed E-state index contributed by atoms with van der Waals surface area (Å²) in [4.78, 5) is 9.88. The number of aliphatic hydroxyl groups is 1. The van der Waals surface area contributed by atoms with Crippen LogP contribution in [0.25, 0.3) is 0 Å². The Morgan fingerprint density at radius 2 is 2.40 bits per heavy atom. The molecule has 0 aromatic carbocycles. The second-order valence-electron chi connectivity index (χ2n) is 1.92. The third-order valence-electron chi connectivity index (χ3n) is 0.881. The molecule has 3 N–H and O–H groups in total. The van der Waals surface area contributed by atoms with Crippen molar-refractivity contribution in [3.05, 3.63) is 12.3 Å². The van der Waals surface area contributed by atoms with Crippen LogP contribution in [0.2, 0.25) is 0 Å². The first-order valence-corrected chi connectivity index (χ1v) is 2.93. The van der Waals surface area contributed by atoms with Crippen molar-refractivity contribution in [2.75, 3.05) is 6.61 Å². The fourth-order valence-corrected chi connectivity index (χ4v) is 0.336. The molecule has 0 amide bonds. The predicted molar refractivity (Wildman–Crippen MR) is 36.5 cm³/mol. The molecule has 0 spiro atoms. The van der Waals surface area contributed by atoms with Crippen LogP contribution in [0.4, 0.5) is 0 Å². The number of carboxylic acids is 1. The molecule has 4 nitrogen and oxygen atoms in total. The second kappa shape index (κ2) is 4.81. The van der Waals surface area contributed by atoms with E-state index in [1.54, 1.807) is 6.92 Å². The van der Waals surface area contributed by atoms with E-state index in [0.29, 0.717) is 0 Å². The van der Waals surface area contributed by atoms with Crippen LogP contribution in [0.3, 0.4) is 0 Å². The third kappa shape index (κ3) is 5.11. The van der Waals surface area contributed by atoms with Crippen molar-refractivity contribution in [2.45, 2.75) is 13.0 Å². The Morgan fingerprint density at radius 3 is 2.80 bits per heavy atom. The molecule has 1 atom stereocenters. The molecule has 0 radical (unpaired) electrons. The second-order valence-corrected chi connectivity index (χ2v) is 1.92. The molecule has 0 aliphatic carbocycles. The smallest absolute Gasteiger partial charge is 0.329 e. The van der Waals surface area contributed by atoms with Gasteiger partial charge in [0.1, 0.15) is 0 Å². The van der Waals surface area contributed by atoms with Gasteiger partial charge in [0, 0.05) is 18.3 Å². The molecule has 0 fully saturated rings. The molecule has 10 heavy (non-hydrogen) atoms. The number of aliphatic carboxylic acids is 1. The van der Waals surface area contributed by atoms with Crippen molar-refractivity contribution < 1.29 is 15.0 Å². The Kier molecular flexibility index (Phi) is 4.32. The van der Waals surface area contributed by atoms with Gasteiger partial charge in [-0.05, 0) is 6.92 Å². The fourth-order valence-electron chi connectivity index (χ4n) is 0.336. The average molecular weight is 145 g/mol. The first-order chi connectivity index (χ1) is 4.66. The van der Waals surface area contributed by atoms with E-state index in [4.69, 9.17) is 10.2 Å². The highest BCUT2D eigenvalue weighted by molar-refractivity contribution is 5.79. The molecule has 0 rings (SSSR count). The summed E-state index contributed by atoms with van der Waals surface area (Å²) < 4.78 is 0. The molecule has 58 valence electrons. The Bertz CT molecular complexity index is 133. The molecular weight excluding hydrogens is 134 g/mol. The summed E-state index contributed by atoms with van der Waals surface area (Å²) in [6.07, 6.45) is 2.27. The molecule has 0 saturated carbocycles. The normalized spacial score (nSPS) is 13.4. The highest BCUT2D eigenvalue weighted by Gasteiger charge is 1.92. The van der Waals surface area contributed by atoms with Crippen molar-refractivity contribution in [3.8, 4) is 0 Å². The predicted octanol–water partition coefficient (Wildman–Crippen LogP) is -0.445. The first-order valence-electron chi connectivity index (χ1n) is 2.93. The molecule has 0 aliphatic heterocycles. The number of aliphatic hydroxyl groups excluding tert-OH is 1. The summed E-state index contributed by atoms with van der Waals surface area (Å²) in [5.74, 6) is -1.00. The van der Waals surface area contributed by atoms with E-state index in [-0.39, 0.29) is 12.6 Å². The van der Waals surface area contributed by atoms with Crippen LogP contribution >= 0.6 is 0 Å². The Morgan fingerprint density at radius 1 is 1.80 bits per heavy atom. The molecule has 1 unspecified atom stereocenters. The van der Waals surface area contributed by atoms with Gasteiger partial charge in [-0.2, -0.15) is 0 Å². The molecule has 0 saturated heterocycles. The fraction of sp³-hybridized carbons (Fsp3) is 0.500.